The number of anilines is 1. The van der Waals surface area contributed by atoms with E-state index in [0.29, 0.717) is 6.54 Å². The van der Waals surface area contributed by atoms with Crippen molar-refractivity contribution in [3.63, 3.8) is 0 Å². The summed E-state index contributed by atoms with van der Waals surface area (Å²) in [7, 11) is 0. The SMILES string of the molecule is CC(C)c1nc(NCC(C)c2ccc(C(F)(F)F)cc2)c2cc[nH]c2n1. The van der Waals surface area contributed by atoms with Gasteiger partial charge in [0.2, 0.25) is 0 Å². The number of hydrogen-bond donors (Lipinski definition) is 2. The van der Waals surface area contributed by atoms with Crippen LogP contribution in [-0.2, 0) is 6.18 Å². The fourth-order valence-corrected chi connectivity index (χ4v) is 2.72. The fraction of sp³-hybridized carbons (Fsp3) is 0.368. The number of hydrogen-bond acceptors (Lipinski definition) is 3. The Morgan fingerprint density at radius 1 is 1.04 bits per heavy atom. The second kappa shape index (κ2) is 6.97. The third kappa shape index (κ3) is 3.81. The molecule has 3 rings (SSSR count). The summed E-state index contributed by atoms with van der Waals surface area (Å²) in [6, 6.07) is 7.21. The van der Waals surface area contributed by atoms with E-state index in [9.17, 15) is 13.2 Å². The minimum absolute atomic E-state index is 0.0312. The smallest absolute Gasteiger partial charge is 0.369 e. The van der Waals surface area contributed by atoms with Gasteiger partial charge in [-0.25, -0.2) is 9.97 Å². The molecule has 3 aromatic rings. The Hall–Kier alpha value is -2.57. The predicted octanol–water partition coefficient (Wildman–Crippen LogP) is 5.32. The van der Waals surface area contributed by atoms with Gasteiger partial charge in [0.1, 0.15) is 17.3 Å². The lowest BCUT2D eigenvalue weighted by atomic mass is 9.99. The highest BCUT2D eigenvalue weighted by Crippen LogP contribution is 2.30. The number of aromatic amines is 1. The zero-order chi connectivity index (χ0) is 18.9. The van der Waals surface area contributed by atoms with E-state index in [4.69, 9.17) is 0 Å². The summed E-state index contributed by atoms with van der Waals surface area (Å²) in [5.74, 6) is 1.70. The fourth-order valence-electron chi connectivity index (χ4n) is 2.72. The van der Waals surface area contributed by atoms with Crippen molar-refractivity contribution in [1.82, 2.24) is 15.0 Å². The Labute approximate surface area is 149 Å². The predicted molar refractivity (Wildman–Crippen MR) is 96.3 cm³/mol. The lowest BCUT2D eigenvalue weighted by Crippen LogP contribution is -2.13. The molecule has 138 valence electrons. The summed E-state index contributed by atoms with van der Waals surface area (Å²) in [5.41, 5.74) is 0.982. The molecule has 0 spiro atoms. The summed E-state index contributed by atoms with van der Waals surface area (Å²) < 4.78 is 38.0. The number of alkyl halides is 3. The van der Waals surface area contributed by atoms with Gasteiger partial charge < -0.3 is 10.3 Å². The molecular formula is C19H21F3N4. The Morgan fingerprint density at radius 3 is 2.35 bits per heavy atom. The molecule has 2 N–H and O–H groups in total. The first-order chi connectivity index (χ1) is 12.3. The van der Waals surface area contributed by atoms with E-state index in [2.05, 4.69) is 20.3 Å². The molecule has 1 unspecified atom stereocenters. The number of benzene rings is 1. The van der Waals surface area contributed by atoms with Gasteiger partial charge in [-0.1, -0.05) is 32.9 Å². The highest BCUT2D eigenvalue weighted by molar-refractivity contribution is 5.87. The molecule has 0 radical (unpaired) electrons. The van der Waals surface area contributed by atoms with Crippen molar-refractivity contribution in [2.45, 2.75) is 38.8 Å². The average Bonchev–Trinajstić information content (AvgIpc) is 3.07. The summed E-state index contributed by atoms with van der Waals surface area (Å²) in [5, 5.41) is 4.22. The molecule has 0 fully saturated rings. The van der Waals surface area contributed by atoms with E-state index in [1.165, 1.54) is 12.1 Å². The van der Waals surface area contributed by atoms with Crippen LogP contribution in [-0.4, -0.2) is 21.5 Å². The Bertz CT molecular complexity index is 882. The van der Waals surface area contributed by atoms with Crippen LogP contribution in [0.15, 0.2) is 36.5 Å². The van der Waals surface area contributed by atoms with Crippen molar-refractivity contribution in [2.75, 3.05) is 11.9 Å². The van der Waals surface area contributed by atoms with Crippen LogP contribution in [0, 0.1) is 0 Å². The molecule has 0 bridgehead atoms. The molecule has 0 aliphatic carbocycles. The quantitative estimate of drug-likeness (QED) is 0.646. The first-order valence-corrected chi connectivity index (χ1v) is 8.51. The van der Waals surface area contributed by atoms with Gasteiger partial charge in [-0.2, -0.15) is 13.2 Å². The summed E-state index contributed by atoms with van der Waals surface area (Å²) in [6.45, 7) is 6.58. The molecule has 4 nitrogen and oxygen atoms in total. The monoisotopic (exact) mass is 362 g/mol. The lowest BCUT2D eigenvalue weighted by molar-refractivity contribution is -0.137. The van der Waals surface area contributed by atoms with Crippen molar-refractivity contribution < 1.29 is 13.2 Å². The topological polar surface area (TPSA) is 53.6 Å². The number of nitrogens with one attached hydrogen (secondary N) is 2. The van der Waals surface area contributed by atoms with E-state index in [0.717, 1.165) is 40.4 Å². The van der Waals surface area contributed by atoms with Crippen LogP contribution < -0.4 is 5.32 Å². The number of nitrogens with zero attached hydrogens (tertiary/aromatic N) is 2. The zero-order valence-corrected chi connectivity index (χ0v) is 14.9. The molecule has 0 amide bonds. The molecule has 0 saturated heterocycles. The molecule has 2 aromatic heterocycles. The van der Waals surface area contributed by atoms with Gasteiger partial charge in [-0.15, -0.1) is 0 Å². The third-order valence-corrected chi connectivity index (χ3v) is 4.33. The number of H-pyrrole nitrogens is 1. The van der Waals surface area contributed by atoms with Crippen LogP contribution in [0.1, 0.15) is 49.6 Å². The third-order valence-electron chi connectivity index (χ3n) is 4.33. The molecule has 1 atom stereocenters. The minimum Gasteiger partial charge on any atom is -0.369 e. The van der Waals surface area contributed by atoms with Gasteiger partial charge in [0, 0.05) is 18.7 Å². The van der Waals surface area contributed by atoms with Crippen LogP contribution in [0.4, 0.5) is 19.0 Å². The normalized spacial score (nSPS) is 13.3. The van der Waals surface area contributed by atoms with E-state index >= 15 is 0 Å². The highest BCUT2D eigenvalue weighted by Gasteiger charge is 2.30. The van der Waals surface area contributed by atoms with Gasteiger partial charge in [0.05, 0.1) is 10.9 Å². The second-order valence-electron chi connectivity index (χ2n) is 6.73. The maximum Gasteiger partial charge on any atom is 0.416 e. The number of fused-ring (bicyclic) bond motifs is 1. The van der Waals surface area contributed by atoms with Crippen LogP contribution in [0.3, 0.4) is 0 Å². The van der Waals surface area contributed by atoms with Gasteiger partial charge in [-0.3, -0.25) is 0 Å². The maximum atomic E-state index is 12.7. The first-order valence-electron chi connectivity index (χ1n) is 8.51. The zero-order valence-electron chi connectivity index (χ0n) is 14.9. The lowest BCUT2D eigenvalue weighted by Gasteiger charge is -2.16. The van der Waals surface area contributed by atoms with Crippen LogP contribution in [0.2, 0.25) is 0 Å². The largest absolute Gasteiger partial charge is 0.416 e. The van der Waals surface area contributed by atoms with E-state index in [-0.39, 0.29) is 11.8 Å². The van der Waals surface area contributed by atoms with Crippen molar-refractivity contribution in [1.29, 1.82) is 0 Å². The van der Waals surface area contributed by atoms with Gasteiger partial charge in [0.15, 0.2) is 0 Å². The molecule has 2 heterocycles. The second-order valence-corrected chi connectivity index (χ2v) is 6.73. The molecule has 0 aliphatic rings. The van der Waals surface area contributed by atoms with E-state index in [1.807, 2.05) is 33.0 Å². The number of halogens is 3. The van der Waals surface area contributed by atoms with Crippen molar-refractivity contribution in [2.24, 2.45) is 0 Å². The average molecular weight is 362 g/mol. The van der Waals surface area contributed by atoms with Crippen LogP contribution in [0.25, 0.3) is 11.0 Å². The van der Waals surface area contributed by atoms with Crippen LogP contribution >= 0.6 is 0 Å². The van der Waals surface area contributed by atoms with Crippen molar-refractivity contribution in [3.8, 4) is 0 Å². The van der Waals surface area contributed by atoms with E-state index < -0.39 is 11.7 Å². The summed E-state index contributed by atoms with van der Waals surface area (Å²) in [4.78, 5) is 12.2. The first kappa shape index (κ1) is 18.2. The summed E-state index contributed by atoms with van der Waals surface area (Å²) >= 11 is 0. The summed E-state index contributed by atoms with van der Waals surface area (Å²) in [6.07, 6.45) is -2.50. The standard InChI is InChI=1S/C19H21F3N4/c1-11(2)16-25-17-15(8-9-23-17)18(26-16)24-10-12(3)13-4-6-14(7-5-13)19(20,21)22/h4-9,11-12H,10H2,1-3H3,(H2,23,24,25,26). The molecular weight excluding hydrogens is 341 g/mol. The van der Waals surface area contributed by atoms with Gasteiger partial charge in [-0.05, 0) is 29.7 Å². The Morgan fingerprint density at radius 2 is 1.73 bits per heavy atom. The van der Waals surface area contributed by atoms with E-state index in [1.54, 1.807) is 0 Å². The molecule has 0 aliphatic heterocycles. The molecule has 7 heteroatoms. The van der Waals surface area contributed by atoms with Gasteiger partial charge in [0.25, 0.3) is 0 Å². The van der Waals surface area contributed by atoms with Gasteiger partial charge >= 0.3 is 6.18 Å². The van der Waals surface area contributed by atoms with Crippen molar-refractivity contribution in [3.05, 3.63) is 53.5 Å². The molecule has 1 aromatic carbocycles. The molecule has 0 saturated carbocycles. The highest BCUT2D eigenvalue weighted by atomic mass is 19.4. The van der Waals surface area contributed by atoms with Crippen molar-refractivity contribution >= 4 is 16.9 Å². The Balaban J connectivity index is 1.76. The van der Waals surface area contributed by atoms with Crippen LogP contribution in [0.5, 0.6) is 0 Å². The number of aromatic nitrogens is 3. The number of rotatable bonds is 5. The minimum atomic E-state index is -4.31. The molecule has 26 heavy (non-hydrogen) atoms. The maximum absolute atomic E-state index is 12.7. The Kier molecular flexibility index (Phi) is 4.89.